The summed E-state index contributed by atoms with van der Waals surface area (Å²) in [6.45, 7) is 7.61. The quantitative estimate of drug-likeness (QED) is 0.263. The first kappa shape index (κ1) is 24.4. The Bertz CT molecular complexity index is 701. The number of benzene rings is 1. The first-order chi connectivity index (χ1) is 14.7. The second-order valence-electron chi connectivity index (χ2n) is 8.60. The summed E-state index contributed by atoms with van der Waals surface area (Å²) in [5.74, 6) is 2.49. The SMILES string of the molecule is CCCCCCCCCc1ccnc(-c2ccccc2OCCCCC(C)CC)n1. The third kappa shape index (κ3) is 9.28. The van der Waals surface area contributed by atoms with E-state index in [1.165, 1.54) is 64.2 Å². The highest BCUT2D eigenvalue weighted by Crippen LogP contribution is 2.27. The molecule has 0 aliphatic heterocycles. The predicted molar refractivity (Wildman–Crippen MR) is 128 cm³/mol. The van der Waals surface area contributed by atoms with Gasteiger partial charge in [0.15, 0.2) is 5.82 Å². The zero-order valence-corrected chi connectivity index (χ0v) is 19.5. The van der Waals surface area contributed by atoms with Gasteiger partial charge in [0, 0.05) is 11.9 Å². The summed E-state index contributed by atoms with van der Waals surface area (Å²) >= 11 is 0. The summed E-state index contributed by atoms with van der Waals surface area (Å²) in [7, 11) is 0. The Labute approximate surface area is 184 Å². The lowest BCUT2D eigenvalue weighted by Crippen LogP contribution is -2.02. The van der Waals surface area contributed by atoms with Crippen molar-refractivity contribution in [3.8, 4) is 17.1 Å². The van der Waals surface area contributed by atoms with Gasteiger partial charge in [-0.3, -0.25) is 0 Å². The molecule has 0 fully saturated rings. The van der Waals surface area contributed by atoms with Crippen LogP contribution in [0.2, 0.25) is 0 Å². The summed E-state index contributed by atoms with van der Waals surface area (Å²) in [5, 5.41) is 0. The van der Waals surface area contributed by atoms with Crippen LogP contribution in [-0.2, 0) is 6.42 Å². The van der Waals surface area contributed by atoms with Gasteiger partial charge in [0.2, 0.25) is 0 Å². The van der Waals surface area contributed by atoms with Crippen LogP contribution >= 0.6 is 0 Å². The molecule has 0 aliphatic rings. The number of hydrogen-bond acceptors (Lipinski definition) is 3. The summed E-state index contributed by atoms with van der Waals surface area (Å²) in [5.41, 5.74) is 2.14. The smallest absolute Gasteiger partial charge is 0.163 e. The highest BCUT2D eigenvalue weighted by molar-refractivity contribution is 5.63. The van der Waals surface area contributed by atoms with Crippen LogP contribution in [-0.4, -0.2) is 16.6 Å². The van der Waals surface area contributed by atoms with Gasteiger partial charge in [-0.2, -0.15) is 0 Å². The van der Waals surface area contributed by atoms with E-state index in [-0.39, 0.29) is 0 Å². The lowest BCUT2D eigenvalue weighted by Gasteiger charge is -2.12. The average molecular weight is 411 g/mol. The minimum absolute atomic E-state index is 0.755. The minimum Gasteiger partial charge on any atom is -0.493 e. The Kier molecular flexibility index (Phi) is 12.2. The van der Waals surface area contributed by atoms with E-state index >= 15 is 0 Å². The zero-order valence-electron chi connectivity index (χ0n) is 19.5. The fraction of sp³-hybridized carbons (Fsp3) is 0.630. The fourth-order valence-electron chi connectivity index (χ4n) is 3.69. The Morgan fingerprint density at radius 1 is 0.867 bits per heavy atom. The van der Waals surface area contributed by atoms with Gasteiger partial charge in [-0.25, -0.2) is 9.97 Å². The van der Waals surface area contributed by atoms with Crippen LogP contribution in [0.3, 0.4) is 0 Å². The van der Waals surface area contributed by atoms with Crippen molar-refractivity contribution in [2.24, 2.45) is 5.92 Å². The van der Waals surface area contributed by atoms with Crippen molar-refractivity contribution >= 4 is 0 Å². The second-order valence-corrected chi connectivity index (χ2v) is 8.60. The van der Waals surface area contributed by atoms with Crippen LogP contribution in [0.15, 0.2) is 36.5 Å². The van der Waals surface area contributed by atoms with Crippen LogP contribution in [0.25, 0.3) is 11.4 Å². The first-order valence-corrected chi connectivity index (χ1v) is 12.3. The number of ether oxygens (including phenoxy) is 1. The monoisotopic (exact) mass is 410 g/mol. The van der Waals surface area contributed by atoms with Crippen molar-refractivity contribution in [1.82, 2.24) is 9.97 Å². The third-order valence-corrected chi connectivity index (χ3v) is 5.92. The molecule has 0 saturated carbocycles. The van der Waals surface area contributed by atoms with Gasteiger partial charge in [0.1, 0.15) is 5.75 Å². The van der Waals surface area contributed by atoms with Crippen molar-refractivity contribution < 1.29 is 4.74 Å². The van der Waals surface area contributed by atoms with Crippen molar-refractivity contribution in [2.75, 3.05) is 6.61 Å². The topological polar surface area (TPSA) is 35.0 Å². The number of nitrogens with zero attached hydrogens (tertiary/aromatic N) is 2. The molecule has 1 aromatic heterocycles. The molecule has 2 rings (SSSR count). The Morgan fingerprint density at radius 2 is 1.63 bits per heavy atom. The number of hydrogen-bond donors (Lipinski definition) is 0. The molecule has 1 heterocycles. The lowest BCUT2D eigenvalue weighted by molar-refractivity contribution is 0.300. The number of para-hydroxylation sites is 1. The van der Waals surface area contributed by atoms with Crippen molar-refractivity contribution in [1.29, 1.82) is 0 Å². The standard InChI is InChI=1S/C27H42N2O/c1-4-6-7-8-9-10-11-17-24-20-21-28-27(29-24)25-18-12-13-19-26(25)30-22-15-14-16-23(3)5-2/h12-13,18-21,23H,4-11,14-17,22H2,1-3H3. The Morgan fingerprint density at radius 3 is 2.43 bits per heavy atom. The third-order valence-electron chi connectivity index (χ3n) is 5.92. The minimum atomic E-state index is 0.755. The summed E-state index contributed by atoms with van der Waals surface area (Å²) < 4.78 is 6.11. The molecule has 0 bridgehead atoms. The van der Waals surface area contributed by atoms with Crippen LogP contribution < -0.4 is 4.74 Å². The first-order valence-electron chi connectivity index (χ1n) is 12.3. The molecule has 0 aliphatic carbocycles. The Balaban J connectivity index is 1.84. The largest absolute Gasteiger partial charge is 0.493 e. The van der Waals surface area contributed by atoms with Crippen molar-refractivity contribution in [2.45, 2.75) is 97.8 Å². The molecule has 3 nitrogen and oxygen atoms in total. The van der Waals surface area contributed by atoms with E-state index in [0.717, 1.165) is 48.2 Å². The second kappa shape index (κ2) is 15.0. The van der Waals surface area contributed by atoms with E-state index in [9.17, 15) is 0 Å². The van der Waals surface area contributed by atoms with E-state index in [1.807, 2.05) is 24.4 Å². The number of aromatic nitrogens is 2. The van der Waals surface area contributed by atoms with Gasteiger partial charge < -0.3 is 4.74 Å². The summed E-state index contributed by atoms with van der Waals surface area (Å²) in [6, 6.07) is 10.2. The molecule has 30 heavy (non-hydrogen) atoms. The van der Waals surface area contributed by atoms with Gasteiger partial charge in [0.25, 0.3) is 0 Å². The molecule has 166 valence electrons. The molecule has 0 radical (unpaired) electrons. The van der Waals surface area contributed by atoms with Gasteiger partial charge in [0.05, 0.1) is 12.2 Å². The molecule has 3 heteroatoms. The lowest BCUT2D eigenvalue weighted by atomic mass is 10.0. The van der Waals surface area contributed by atoms with E-state index < -0.39 is 0 Å². The van der Waals surface area contributed by atoms with Gasteiger partial charge in [-0.05, 0) is 49.8 Å². The predicted octanol–water partition coefficient (Wildman–Crippen LogP) is 8.03. The molecule has 1 unspecified atom stereocenters. The molecule has 0 spiro atoms. The summed E-state index contributed by atoms with van der Waals surface area (Å²) in [4.78, 5) is 9.37. The normalized spacial score (nSPS) is 12.1. The number of aryl methyl sites for hydroxylation is 1. The van der Waals surface area contributed by atoms with E-state index in [1.54, 1.807) is 0 Å². The van der Waals surface area contributed by atoms with E-state index in [0.29, 0.717) is 0 Å². The molecular weight excluding hydrogens is 368 g/mol. The molecule has 2 aromatic rings. The highest BCUT2D eigenvalue weighted by atomic mass is 16.5. The van der Waals surface area contributed by atoms with Crippen LogP contribution in [0, 0.1) is 5.92 Å². The Hall–Kier alpha value is -1.90. The van der Waals surface area contributed by atoms with Crippen molar-refractivity contribution in [3.63, 3.8) is 0 Å². The van der Waals surface area contributed by atoms with Gasteiger partial charge in [-0.1, -0.05) is 84.3 Å². The molecule has 0 amide bonds. The van der Waals surface area contributed by atoms with E-state index in [2.05, 4.69) is 37.9 Å². The van der Waals surface area contributed by atoms with Crippen molar-refractivity contribution in [3.05, 3.63) is 42.2 Å². The van der Waals surface area contributed by atoms with Crippen LogP contribution in [0.1, 0.15) is 97.1 Å². The highest BCUT2D eigenvalue weighted by Gasteiger charge is 2.10. The maximum absolute atomic E-state index is 6.11. The summed E-state index contributed by atoms with van der Waals surface area (Å²) in [6.07, 6.45) is 17.0. The maximum atomic E-state index is 6.11. The van der Waals surface area contributed by atoms with E-state index in [4.69, 9.17) is 9.72 Å². The maximum Gasteiger partial charge on any atom is 0.163 e. The van der Waals surface area contributed by atoms with Gasteiger partial charge >= 0.3 is 0 Å². The molecule has 0 saturated heterocycles. The van der Waals surface area contributed by atoms with Crippen LogP contribution in [0.5, 0.6) is 5.75 Å². The molecule has 0 N–H and O–H groups in total. The molecule has 1 atom stereocenters. The van der Waals surface area contributed by atoms with Crippen LogP contribution in [0.4, 0.5) is 0 Å². The fourth-order valence-corrected chi connectivity index (χ4v) is 3.69. The average Bonchev–Trinajstić information content (AvgIpc) is 2.78. The van der Waals surface area contributed by atoms with Gasteiger partial charge in [-0.15, -0.1) is 0 Å². The number of unbranched alkanes of at least 4 members (excludes halogenated alkanes) is 7. The zero-order chi connectivity index (χ0) is 21.4. The molecular formula is C27H42N2O. The molecule has 1 aromatic carbocycles. The number of rotatable bonds is 16.